The number of esters is 1. The van der Waals surface area contributed by atoms with Gasteiger partial charge < -0.3 is 14.2 Å². The molecule has 1 atom stereocenters. The minimum Gasteiger partial charge on any atom is -0.494 e. The molecule has 2 heterocycles. The molecule has 7 nitrogen and oxygen atoms in total. The van der Waals surface area contributed by atoms with Gasteiger partial charge >= 0.3 is 5.97 Å². The summed E-state index contributed by atoms with van der Waals surface area (Å²) in [4.78, 5) is 32.4. The van der Waals surface area contributed by atoms with Crippen molar-refractivity contribution in [3.8, 4) is 11.5 Å². The van der Waals surface area contributed by atoms with Crippen LogP contribution < -0.4 is 24.4 Å². The van der Waals surface area contributed by atoms with Gasteiger partial charge in [-0.25, -0.2) is 9.79 Å². The number of rotatable bonds is 9. The van der Waals surface area contributed by atoms with E-state index in [2.05, 4.69) is 20.9 Å². The molecule has 0 unspecified atom stereocenters. The number of benzene rings is 3. The van der Waals surface area contributed by atoms with Crippen LogP contribution >= 0.6 is 38.9 Å². The van der Waals surface area contributed by atoms with Crippen LogP contribution in [0.1, 0.15) is 50.4 Å². The van der Waals surface area contributed by atoms with E-state index in [0.717, 1.165) is 21.2 Å². The number of fused-ring (bicyclic) bond motifs is 1. The fraction of sp³-hybridized carbons (Fsp3) is 0.242. The van der Waals surface area contributed by atoms with Gasteiger partial charge in [-0.1, -0.05) is 59.3 Å². The van der Waals surface area contributed by atoms with Gasteiger partial charge in [-0.15, -0.1) is 0 Å². The number of hydrogen-bond acceptors (Lipinski definition) is 7. The van der Waals surface area contributed by atoms with E-state index in [-0.39, 0.29) is 11.7 Å². The summed E-state index contributed by atoms with van der Waals surface area (Å²) in [5.74, 6) is 0.856. The molecule has 5 rings (SSSR count). The first-order valence-corrected chi connectivity index (χ1v) is 15.8. The lowest BCUT2D eigenvalue weighted by molar-refractivity contribution is -0.143. The maximum absolute atomic E-state index is 13.9. The zero-order chi connectivity index (χ0) is 30.7. The molecule has 4 aromatic rings. The highest BCUT2D eigenvalue weighted by atomic mass is 79.9. The fourth-order valence-electron chi connectivity index (χ4n) is 4.73. The predicted molar refractivity (Wildman–Crippen MR) is 173 cm³/mol. The lowest BCUT2D eigenvalue weighted by Gasteiger charge is -2.25. The van der Waals surface area contributed by atoms with E-state index >= 15 is 0 Å². The Bertz CT molecular complexity index is 1880. The summed E-state index contributed by atoms with van der Waals surface area (Å²) in [7, 11) is 0. The maximum Gasteiger partial charge on any atom is 0.338 e. The molecule has 0 spiro atoms. The summed E-state index contributed by atoms with van der Waals surface area (Å²) in [6.07, 6.45) is 1.49. The summed E-state index contributed by atoms with van der Waals surface area (Å²) in [6.45, 7) is 8.12. The summed E-state index contributed by atoms with van der Waals surface area (Å²) in [6, 6.07) is 19.9. The number of nitrogens with zero attached hydrogens (tertiary/aromatic N) is 2. The molecule has 0 bridgehead atoms. The third-order valence-electron chi connectivity index (χ3n) is 6.69. The number of aromatic nitrogens is 1. The second-order valence-electron chi connectivity index (χ2n) is 10.1. The average Bonchev–Trinajstić information content (AvgIpc) is 3.26. The first-order chi connectivity index (χ1) is 20.7. The Morgan fingerprint density at radius 3 is 2.53 bits per heavy atom. The standard InChI is InChI=1S/C33H30BrClN2O5S/c1-5-40-24-13-11-22(12-14-24)30-29(32(39)42-19(2)3)20(4)36-33-37(30)31(38)28(43-33)17-21-10-15-27(25(34)16-21)41-18-23-8-6-7-9-26(23)35/h6-17,19,30H,5,18H2,1-4H3/b28-17+/t30-/m0/s1. The number of carbonyl (C=O) groups excluding carboxylic acids is 1. The molecule has 10 heteroatoms. The Morgan fingerprint density at radius 2 is 1.86 bits per heavy atom. The zero-order valence-electron chi connectivity index (χ0n) is 24.1. The zero-order valence-corrected chi connectivity index (χ0v) is 27.3. The molecule has 1 aliphatic heterocycles. The monoisotopic (exact) mass is 680 g/mol. The van der Waals surface area contributed by atoms with Crippen LogP contribution in [0.5, 0.6) is 11.5 Å². The van der Waals surface area contributed by atoms with Crippen LogP contribution in [0.25, 0.3) is 6.08 Å². The van der Waals surface area contributed by atoms with Crippen LogP contribution in [0.2, 0.25) is 5.02 Å². The normalized spacial score (nSPS) is 14.9. The third-order valence-corrected chi connectivity index (χ3v) is 8.66. The summed E-state index contributed by atoms with van der Waals surface area (Å²) in [5, 5.41) is 0.644. The molecule has 0 fully saturated rings. The van der Waals surface area contributed by atoms with Gasteiger partial charge in [0.25, 0.3) is 5.56 Å². The van der Waals surface area contributed by atoms with Crippen LogP contribution in [-0.4, -0.2) is 23.2 Å². The minimum absolute atomic E-state index is 0.250. The van der Waals surface area contributed by atoms with E-state index in [1.54, 1.807) is 25.3 Å². The second-order valence-corrected chi connectivity index (χ2v) is 12.4. The number of halogens is 2. The number of allylic oxidation sites excluding steroid dienone is 1. The molecular weight excluding hydrogens is 652 g/mol. The van der Waals surface area contributed by atoms with Crippen molar-refractivity contribution in [2.24, 2.45) is 4.99 Å². The summed E-state index contributed by atoms with van der Waals surface area (Å²) >= 11 is 11.1. The Morgan fingerprint density at radius 1 is 1.12 bits per heavy atom. The van der Waals surface area contributed by atoms with Crippen molar-refractivity contribution in [2.75, 3.05) is 6.61 Å². The molecular formula is C33H30BrClN2O5S. The molecule has 222 valence electrons. The van der Waals surface area contributed by atoms with Crippen molar-refractivity contribution in [1.82, 2.24) is 4.57 Å². The molecule has 0 saturated heterocycles. The highest BCUT2D eigenvalue weighted by molar-refractivity contribution is 9.10. The van der Waals surface area contributed by atoms with Gasteiger partial charge in [0.05, 0.1) is 39.0 Å². The molecule has 1 aliphatic rings. The summed E-state index contributed by atoms with van der Waals surface area (Å²) in [5.41, 5.74) is 3.04. The van der Waals surface area contributed by atoms with Crippen molar-refractivity contribution in [3.63, 3.8) is 0 Å². The third kappa shape index (κ3) is 6.79. The largest absolute Gasteiger partial charge is 0.494 e. The van der Waals surface area contributed by atoms with Crippen molar-refractivity contribution in [3.05, 3.63) is 124 Å². The van der Waals surface area contributed by atoms with E-state index in [1.807, 2.05) is 79.7 Å². The number of thiazole rings is 1. The van der Waals surface area contributed by atoms with Crippen LogP contribution in [0.3, 0.4) is 0 Å². The smallest absolute Gasteiger partial charge is 0.338 e. The van der Waals surface area contributed by atoms with Gasteiger partial charge in [0, 0.05) is 10.6 Å². The summed E-state index contributed by atoms with van der Waals surface area (Å²) < 4.78 is 20.0. The Balaban J connectivity index is 1.53. The molecule has 0 N–H and O–H groups in total. The van der Waals surface area contributed by atoms with Crippen molar-refractivity contribution in [2.45, 2.75) is 46.4 Å². The Hall–Kier alpha value is -3.66. The second kappa shape index (κ2) is 13.3. The van der Waals surface area contributed by atoms with Crippen LogP contribution in [0, 0.1) is 0 Å². The van der Waals surface area contributed by atoms with Gasteiger partial charge in [0.1, 0.15) is 18.1 Å². The van der Waals surface area contributed by atoms with E-state index in [0.29, 0.717) is 50.3 Å². The fourth-order valence-corrected chi connectivity index (χ4v) is 6.48. The van der Waals surface area contributed by atoms with Crippen molar-refractivity contribution < 1.29 is 19.0 Å². The molecule has 0 amide bonds. The molecule has 0 saturated carbocycles. The topological polar surface area (TPSA) is 79.1 Å². The van der Waals surface area contributed by atoms with Crippen molar-refractivity contribution >= 4 is 50.9 Å². The van der Waals surface area contributed by atoms with E-state index in [9.17, 15) is 9.59 Å². The van der Waals surface area contributed by atoms with E-state index < -0.39 is 12.0 Å². The predicted octanol–water partition coefficient (Wildman–Crippen LogP) is 6.58. The molecule has 0 radical (unpaired) electrons. The Kier molecular flexibility index (Phi) is 9.54. The van der Waals surface area contributed by atoms with Gasteiger partial charge in [-0.3, -0.25) is 9.36 Å². The quantitative estimate of drug-likeness (QED) is 0.187. The lowest BCUT2D eigenvalue weighted by atomic mass is 9.96. The molecule has 3 aromatic carbocycles. The molecule has 1 aromatic heterocycles. The minimum atomic E-state index is -0.701. The van der Waals surface area contributed by atoms with E-state index in [4.69, 9.17) is 25.8 Å². The molecule has 0 aliphatic carbocycles. The Labute approximate surface area is 266 Å². The van der Waals surface area contributed by atoms with E-state index in [1.165, 1.54) is 11.3 Å². The SMILES string of the molecule is CCOc1ccc([C@H]2C(C(=O)OC(C)C)=C(C)N=c3s/c(=C/c4ccc(OCc5ccccc5Cl)c(Br)c4)c(=O)n32)cc1. The van der Waals surface area contributed by atoms with Crippen LogP contribution in [0.15, 0.2) is 92.3 Å². The number of hydrogen-bond donors (Lipinski definition) is 0. The number of ether oxygens (including phenoxy) is 3. The highest BCUT2D eigenvalue weighted by Gasteiger charge is 2.33. The van der Waals surface area contributed by atoms with Gasteiger partial charge in [0.15, 0.2) is 4.80 Å². The van der Waals surface area contributed by atoms with Gasteiger partial charge in [-0.05, 0) is 91.2 Å². The average molecular weight is 682 g/mol. The lowest BCUT2D eigenvalue weighted by Crippen LogP contribution is -2.40. The van der Waals surface area contributed by atoms with Crippen molar-refractivity contribution in [1.29, 1.82) is 0 Å². The van der Waals surface area contributed by atoms with Gasteiger partial charge in [0.2, 0.25) is 0 Å². The number of carbonyl (C=O) groups is 1. The molecule has 43 heavy (non-hydrogen) atoms. The van der Waals surface area contributed by atoms with Crippen LogP contribution in [0.4, 0.5) is 0 Å². The first kappa shape index (κ1) is 30.8. The maximum atomic E-state index is 13.9. The highest BCUT2D eigenvalue weighted by Crippen LogP contribution is 2.32. The first-order valence-electron chi connectivity index (χ1n) is 13.8. The van der Waals surface area contributed by atoms with Crippen LogP contribution in [-0.2, 0) is 16.1 Å². The van der Waals surface area contributed by atoms with Gasteiger partial charge in [-0.2, -0.15) is 0 Å².